The monoisotopic (exact) mass is 347 g/mol. The molecule has 1 aliphatic rings. The molecule has 0 saturated carbocycles. The van der Waals surface area contributed by atoms with Crippen molar-refractivity contribution in [3.8, 4) is 0 Å². The average Bonchev–Trinajstić information content (AvgIpc) is 3.24. The first-order valence-corrected chi connectivity index (χ1v) is 9.58. The predicted octanol–water partition coefficient (Wildman–Crippen LogP) is 5.55. The molecule has 2 aromatic carbocycles. The van der Waals surface area contributed by atoms with Gasteiger partial charge in [-0.05, 0) is 40.6 Å². The van der Waals surface area contributed by atoms with Crippen LogP contribution in [-0.4, -0.2) is 4.98 Å². The summed E-state index contributed by atoms with van der Waals surface area (Å²) in [5.74, 6) is 0. The minimum atomic E-state index is 0.0711. The Kier molecular flexibility index (Phi) is 3.15. The molecule has 0 radical (unpaired) electrons. The Hall–Kier alpha value is -2.30. The lowest BCUT2D eigenvalue weighted by Crippen LogP contribution is -2.13. The maximum absolute atomic E-state index is 13.5. The Balaban J connectivity index is 1.93. The molecule has 116 valence electrons. The fourth-order valence-corrected chi connectivity index (χ4v) is 5.41. The smallest absolute Gasteiger partial charge is 0.193 e. The molecule has 2 aromatic heterocycles. The molecule has 3 heterocycles. The van der Waals surface area contributed by atoms with Crippen LogP contribution in [0.5, 0.6) is 0 Å². The van der Waals surface area contributed by atoms with E-state index < -0.39 is 0 Å². The molecule has 1 N–H and O–H groups in total. The molecule has 0 aliphatic carbocycles. The van der Waals surface area contributed by atoms with E-state index in [0.717, 1.165) is 32.9 Å². The fourth-order valence-electron chi connectivity index (χ4n) is 3.39. The molecule has 24 heavy (non-hydrogen) atoms. The summed E-state index contributed by atoms with van der Waals surface area (Å²) in [5, 5.41) is 6.03. The summed E-state index contributed by atoms with van der Waals surface area (Å²) in [7, 11) is 0. The first-order chi connectivity index (χ1) is 11.8. The van der Waals surface area contributed by atoms with Gasteiger partial charge in [-0.1, -0.05) is 30.3 Å². The van der Waals surface area contributed by atoms with Crippen LogP contribution in [0.25, 0.3) is 27.9 Å². The number of benzene rings is 1. The molecule has 1 atom stereocenters. The summed E-state index contributed by atoms with van der Waals surface area (Å²) in [6, 6.07) is 16.3. The number of aromatic amines is 1. The highest BCUT2D eigenvalue weighted by Crippen LogP contribution is 2.42. The Labute approximate surface area is 146 Å². The molecule has 0 amide bonds. The number of nitrogens with one attached hydrogen (secondary N) is 1. The van der Waals surface area contributed by atoms with Crippen molar-refractivity contribution in [2.45, 2.75) is 5.25 Å². The van der Waals surface area contributed by atoms with Crippen LogP contribution in [0.3, 0.4) is 0 Å². The van der Waals surface area contributed by atoms with Crippen molar-refractivity contribution in [2.75, 3.05) is 0 Å². The van der Waals surface area contributed by atoms with Gasteiger partial charge in [0, 0.05) is 21.3 Å². The Morgan fingerprint density at radius 1 is 0.958 bits per heavy atom. The summed E-state index contributed by atoms with van der Waals surface area (Å²) in [5.41, 5.74) is 3.96. The van der Waals surface area contributed by atoms with Crippen LogP contribution in [-0.2, 0) is 0 Å². The molecule has 1 unspecified atom stereocenters. The Morgan fingerprint density at radius 3 is 2.75 bits per heavy atom. The third-order valence-electron chi connectivity index (χ3n) is 4.47. The number of thioether (sulfide) groups is 1. The van der Waals surface area contributed by atoms with Gasteiger partial charge in [0.25, 0.3) is 0 Å². The minimum Gasteiger partial charge on any atom is -0.354 e. The van der Waals surface area contributed by atoms with Crippen LogP contribution in [0.1, 0.15) is 21.3 Å². The van der Waals surface area contributed by atoms with E-state index in [1.165, 1.54) is 4.88 Å². The zero-order valence-electron chi connectivity index (χ0n) is 12.7. The van der Waals surface area contributed by atoms with Crippen molar-refractivity contribution >= 4 is 51.0 Å². The summed E-state index contributed by atoms with van der Waals surface area (Å²) in [6.45, 7) is 0. The Bertz CT molecular complexity index is 1160. The number of H-pyrrole nitrogens is 1. The van der Waals surface area contributed by atoms with E-state index in [9.17, 15) is 4.79 Å². The van der Waals surface area contributed by atoms with E-state index in [1.807, 2.05) is 42.5 Å². The lowest BCUT2D eigenvalue weighted by molar-refractivity contribution is 1.18. The van der Waals surface area contributed by atoms with Crippen LogP contribution < -0.4 is 5.43 Å². The van der Waals surface area contributed by atoms with Crippen LogP contribution in [0.2, 0.25) is 0 Å². The SMILES string of the molecule is O=c1c2c(ccc3[nH]c4ccccc4c13)C=CSC2c1cccs1. The van der Waals surface area contributed by atoms with Crippen LogP contribution in [0.4, 0.5) is 0 Å². The molecule has 5 rings (SSSR count). The van der Waals surface area contributed by atoms with Crippen molar-refractivity contribution in [1.82, 2.24) is 4.98 Å². The molecule has 2 nitrogen and oxygen atoms in total. The van der Waals surface area contributed by atoms with Gasteiger partial charge in [0.15, 0.2) is 5.43 Å². The third-order valence-corrected chi connectivity index (χ3v) is 6.61. The normalized spacial score (nSPS) is 16.6. The molecule has 0 bridgehead atoms. The van der Waals surface area contributed by atoms with E-state index in [-0.39, 0.29) is 10.7 Å². The lowest BCUT2D eigenvalue weighted by Gasteiger charge is -2.17. The van der Waals surface area contributed by atoms with Gasteiger partial charge in [-0.3, -0.25) is 4.79 Å². The molecule has 0 fully saturated rings. The maximum Gasteiger partial charge on any atom is 0.193 e. The highest BCUT2D eigenvalue weighted by atomic mass is 32.2. The topological polar surface area (TPSA) is 32.9 Å². The number of thiophene rings is 1. The molecule has 4 aromatic rings. The second kappa shape index (κ2) is 5.36. The van der Waals surface area contributed by atoms with Crippen LogP contribution >= 0.6 is 23.1 Å². The zero-order chi connectivity index (χ0) is 16.1. The summed E-state index contributed by atoms with van der Waals surface area (Å²) in [6.07, 6.45) is 2.05. The van der Waals surface area contributed by atoms with E-state index in [1.54, 1.807) is 23.1 Å². The summed E-state index contributed by atoms with van der Waals surface area (Å²) in [4.78, 5) is 18.1. The second-order valence-electron chi connectivity index (χ2n) is 5.83. The number of hydrogen-bond donors (Lipinski definition) is 1. The zero-order valence-corrected chi connectivity index (χ0v) is 14.3. The van der Waals surface area contributed by atoms with Gasteiger partial charge in [0.2, 0.25) is 0 Å². The number of hydrogen-bond acceptors (Lipinski definition) is 3. The number of fused-ring (bicyclic) bond motifs is 4. The number of rotatable bonds is 1. The molecule has 0 saturated heterocycles. The quantitative estimate of drug-likeness (QED) is 0.490. The van der Waals surface area contributed by atoms with E-state index in [4.69, 9.17) is 0 Å². The highest BCUT2D eigenvalue weighted by molar-refractivity contribution is 8.02. The molecule has 4 heteroatoms. The molecule has 0 spiro atoms. The number of para-hydroxylation sites is 1. The van der Waals surface area contributed by atoms with E-state index in [0.29, 0.717) is 0 Å². The first-order valence-electron chi connectivity index (χ1n) is 7.76. The third kappa shape index (κ3) is 2.00. The minimum absolute atomic E-state index is 0.0711. The van der Waals surface area contributed by atoms with Crippen LogP contribution in [0, 0.1) is 0 Å². The standard InChI is InChI=1S/C20H13NOS2/c22-19-17-12(9-11-24-20(17)16-6-3-10-23-16)7-8-15-18(19)13-4-1-2-5-14(13)21-15/h1-11,20-21H. The number of aromatic nitrogens is 1. The van der Waals surface area contributed by atoms with Crippen molar-refractivity contribution in [1.29, 1.82) is 0 Å². The molecule has 1 aliphatic heterocycles. The van der Waals surface area contributed by atoms with Gasteiger partial charge in [-0.25, -0.2) is 0 Å². The average molecular weight is 347 g/mol. The Morgan fingerprint density at radius 2 is 1.88 bits per heavy atom. The van der Waals surface area contributed by atoms with Gasteiger partial charge in [0.1, 0.15) is 0 Å². The molecular weight excluding hydrogens is 334 g/mol. The van der Waals surface area contributed by atoms with Gasteiger partial charge >= 0.3 is 0 Å². The summed E-state index contributed by atoms with van der Waals surface area (Å²) >= 11 is 3.42. The van der Waals surface area contributed by atoms with Crippen molar-refractivity contribution < 1.29 is 0 Å². The van der Waals surface area contributed by atoms with Gasteiger partial charge in [-0.15, -0.1) is 23.1 Å². The second-order valence-corrected chi connectivity index (χ2v) is 7.82. The van der Waals surface area contributed by atoms with Crippen LogP contribution in [0.15, 0.2) is 64.1 Å². The van der Waals surface area contributed by atoms with Crippen molar-refractivity contribution in [3.63, 3.8) is 0 Å². The van der Waals surface area contributed by atoms with Gasteiger partial charge in [-0.2, -0.15) is 0 Å². The predicted molar refractivity (Wildman–Crippen MR) is 105 cm³/mol. The van der Waals surface area contributed by atoms with Crippen molar-refractivity contribution in [2.24, 2.45) is 0 Å². The van der Waals surface area contributed by atoms with Crippen molar-refractivity contribution in [3.05, 3.63) is 85.5 Å². The summed E-state index contributed by atoms with van der Waals surface area (Å²) < 4.78 is 0. The lowest BCUT2D eigenvalue weighted by atomic mass is 10.0. The van der Waals surface area contributed by atoms with E-state index in [2.05, 4.69) is 27.9 Å². The van der Waals surface area contributed by atoms with Gasteiger partial charge < -0.3 is 4.98 Å². The van der Waals surface area contributed by atoms with Gasteiger partial charge in [0.05, 0.1) is 16.2 Å². The fraction of sp³-hybridized carbons (Fsp3) is 0.0500. The first kappa shape index (κ1) is 14.1. The van der Waals surface area contributed by atoms with E-state index >= 15 is 0 Å². The maximum atomic E-state index is 13.5. The molecular formula is C20H13NOS2. The highest BCUT2D eigenvalue weighted by Gasteiger charge is 2.24. The largest absolute Gasteiger partial charge is 0.354 e.